The number of nitro groups is 1. The SMILES string of the molecule is Cc1[nH]c2ccccc2c1C(=O)[C@@H](C)OC(=O)c1ccccc1[N+](=O)[O-]. The minimum Gasteiger partial charge on any atom is -0.450 e. The van der Waals surface area contributed by atoms with Gasteiger partial charge in [-0.1, -0.05) is 30.3 Å². The summed E-state index contributed by atoms with van der Waals surface area (Å²) < 4.78 is 5.21. The van der Waals surface area contributed by atoms with Gasteiger partial charge in [0.2, 0.25) is 5.78 Å². The number of rotatable bonds is 5. The number of esters is 1. The summed E-state index contributed by atoms with van der Waals surface area (Å²) in [4.78, 5) is 38.6. The lowest BCUT2D eigenvalue weighted by atomic mass is 10.0. The van der Waals surface area contributed by atoms with Crippen LogP contribution in [0.1, 0.15) is 33.3 Å². The van der Waals surface area contributed by atoms with E-state index in [-0.39, 0.29) is 17.0 Å². The molecule has 0 aliphatic rings. The maximum atomic E-state index is 12.8. The van der Waals surface area contributed by atoms with Crippen LogP contribution in [0.15, 0.2) is 48.5 Å². The number of ketones is 1. The van der Waals surface area contributed by atoms with Crippen LogP contribution in [0, 0.1) is 17.0 Å². The number of carbonyl (C=O) groups excluding carboxylic acids is 2. The third kappa shape index (κ3) is 3.06. The van der Waals surface area contributed by atoms with Gasteiger partial charge in [-0.05, 0) is 26.0 Å². The molecular formula is C19H16N2O5. The molecule has 3 aromatic rings. The van der Waals surface area contributed by atoms with E-state index in [0.29, 0.717) is 11.3 Å². The van der Waals surface area contributed by atoms with E-state index in [0.717, 1.165) is 10.9 Å². The van der Waals surface area contributed by atoms with E-state index in [4.69, 9.17) is 4.74 Å². The molecule has 1 aromatic heterocycles. The van der Waals surface area contributed by atoms with Crippen molar-refractivity contribution >= 4 is 28.3 Å². The van der Waals surface area contributed by atoms with Crippen LogP contribution in [-0.2, 0) is 4.74 Å². The number of fused-ring (bicyclic) bond motifs is 1. The Balaban J connectivity index is 1.87. The number of hydrogen-bond donors (Lipinski definition) is 1. The molecule has 3 rings (SSSR count). The highest BCUT2D eigenvalue weighted by atomic mass is 16.6. The number of aromatic nitrogens is 1. The molecule has 0 spiro atoms. The molecule has 2 aromatic carbocycles. The molecule has 0 radical (unpaired) electrons. The molecule has 0 amide bonds. The lowest BCUT2D eigenvalue weighted by molar-refractivity contribution is -0.385. The minimum absolute atomic E-state index is 0.187. The molecular weight excluding hydrogens is 336 g/mol. The summed E-state index contributed by atoms with van der Waals surface area (Å²) in [6, 6.07) is 12.8. The van der Waals surface area contributed by atoms with Crippen LogP contribution in [0.25, 0.3) is 10.9 Å². The highest BCUT2D eigenvalue weighted by Crippen LogP contribution is 2.25. The first-order valence-electron chi connectivity index (χ1n) is 7.96. The second-order valence-electron chi connectivity index (χ2n) is 5.86. The van der Waals surface area contributed by atoms with Crippen LogP contribution in [0.3, 0.4) is 0 Å². The van der Waals surface area contributed by atoms with Crippen molar-refractivity contribution in [3.05, 3.63) is 75.5 Å². The van der Waals surface area contributed by atoms with E-state index >= 15 is 0 Å². The molecule has 0 saturated heterocycles. The first kappa shape index (κ1) is 17.3. The smallest absolute Gasteiger partial charge is 0.345 e. The normalized spacial score (nSPS) is 11.9. The van der Waals surface area contributed by atoms with Gasteiger partial charge in [0.05, 0.1) is 4.92 Å². The van der Waals surface area contributed by atoms with E-state index < -0.39 is 17.0 Å². The van der Waals surface area contributed by atoms with Gasteiger partial charge in [-0.3, -0.25) is 14.9 Å². The first-order chi connectivity index (χ1) is 12.4. The molecule has 1 heterocycles. The minimum atomic E-state index is -1.08. The number of nitrogens with one attached hydrogen (secondary N) is 1. The third-order valence-corrected chi connectivity index (χ3v) is 4.11. The van der Waals surface area contributed by atoms with Crippen LogP contribution in [0.5, 0.6) is 0 Å². The van der Waals surface area contributed by atoms with Crippen LogP contribution in [0.4, 0.5) is 5.69 Å². The zero-order valence-corrected chi connectivity index (χ0v) is 14.2. The van der Waals surface area contributed by atoms with Crippen LogP contribution in [0.2, 0.25) is 0 Å². The summed E-state index contributed by atoms with van der Waals surface area (Å²) in [5, 5.41) is 11.8. The van der Waals surface area contributed by atoms with Crippen LogP contribution in [-0.4, -0.2) is 27.8 Å². The summed E-state index contributed by atoms with van der Waals surface area (Å²) in [6.07, 6.45) is -1.08. The number of para-hydroxylation sites is 2. The van der Waals surface area contributed by atoms with E-state index in [2.05, 4.69) is 4.98 Å². The van der Waals surface area contributed by atoms with Gasteiger partial charge in [0.25, 0.3) is 5.69 Å². The zero-order chi connectivity index (χ0) is 18.8. The lowest BCUT2D eigenvalue weighted by Crippen LogP contribution is -2.25. The van der Waals surface area contributed by atoms with E-state index in [1.807, 2.05) is 24.3 Å². The Morgan fingerprint density at radius 2 is 1.77 bits per heavy atom. The average molecular weight is 352 g/mol. The zero-order valence-electron chi connectivity index (χ0n) is 14.2. The van der Waals surface area contributed by atoms with Crippen molar-refractivity contribution in [3.63, 3.8) is 0 Å². The fourth-order valence-corrected chi connectivity index (χ4v) is 2.88. The van der Waals surface area contributed by atoms with E-state index in [1.54, 1.807) is 6.92 Å². The average Bonchev–Trinajstić information content (AvgIpc) is 2.96. The molecule has 132 valence electrons. The van der Waals surface area contributed by atoms with Crippen molar-refractivity contribution in [2.45, 2.75) is 20.0 Å². The van der Waals surface area contributed by atoms with Gasteiger partial charge in [0.1, 0.15) is 5.56 Å². The van der Waals surface area contributed by atoms with Gasteiger partial charge < -0.3 is 9.72 Å². The number of carbonyl (C=O) groups is 2. The molecule has 7 heteroatoms. The molecule has 0 saturated carbocycles. The summed E-state index contributed by atoms with van der Waals surface area (Å²) >= 11 is 0. The number of aromatic amines is 1. The van der Waals surface area contributed by atoms with Crippen LogP contribution < -0.4 is 0 Å². The van der Waals surface area contributed by atoms with Crippen molar-refractivity contribution in [1.29, 1.82) is 0 Å². The number of hydrogen-bond acceptors (Lipinski definition) is 5. The Morgan fingerprint density at radius 3 is 2.50 bits per heavy atom. The van der Waals surface area contributed by atoms with Crippen molar-refractivity contribution in [2.75, 3.05) is 0 Å². The molecule has 0 unspecified atom stereocenters. The Morgan fingerprint density at radius 1 is 1.12 bits per heavy atom. The predicted molar refractivity (Wildman–Crippen MR) is 95.3 cm³/mol. The fraction of sp³-hybridized carbons (Fsp3) is 0.158. The number of nitrogens with zero attached hydrogens (tertiary/aromatic N) is 1. The number of ether oxygens (including phenoxy) is 1. The summed E-state index contributed by atoms with van der Waals surface area (Å²) in [6.45, 7) is 3.22. The predicted octanol–water partition coefficient (Wildman–Crippen LogP) is 3.81. The number of aryl methyl sites for hydroxylation is 1. The van der Waals surface area contributed by atoms with Gasteiger partial charge in [-0.15, -0.1) is 0 Å². The molecule has 0 fully saturated rings. The van der Waals surface area contributed by atoms with Gasteiger partial charge in [-0.2, -0.15) is 0 Å². The fourth-order valence-electron chi connectivity index (χ4n) is 2.88. The van der Waals surface area contributed by atoms with Crippen molar-refractivity contribution < 1.29 is 19.2 Å². The van der Waals surface area contributed by atoms with Gasteiger partial charge in [0.15, 0.2) is 6.10 Å². The first-order valence-corrected chi connectivity index (χ1v) is 7.96. The Kier molecular flexibility index (Phi) is 4.53. The summed E-state index contributed by atoms with van der Waals surface area (Å²) in [5.41, 5.74) is 1.38. The molecule has 26 heavy (non-hydrogen) atoms. The monoisotopic (exact) mass is 352 g/mol. The standard InChI is InChI=1S/C19H16N2O5/c1-11-17(13-7-3-5-9-15(13)20-11)18(22)12(2)26-19(23)14-8-4-6-10-16(14)21(24)25/h3-10,12,20H,1-2H3/t12-/m1/s1. The van der Waals surface area contributed by atoms with Crippen molar-refractivity contribution in [1.82, 2.24) is 4.98 Å². The second kappa shape index (κ2) is 6.79. The number of H-pyrrole nitrogens is 1. The van der Waals surface area contributed by atoms with Gasteiger partial charge in [0, 0.05) is 28.2 Å². The molecule has 7 nitrogen and oxygen atoms in total. The summed E-state index contributed by atoms with van der Waals surface area (Å²) in [7, 11) is 0. The molecule has 0 aliphatic heterocycles. The van der Waals surface area contributed by atoms with E-state index in [1.165, 1.54) is 31.2 Å². The van der Waals surface area contributed by atoms with Crippen LogP contribution >= 0.6 is 0 Å². The number of nitro benzene ring substituents is 1. The molecule has 1 atom stereocenters. The Labute approximate surface area is 148 Å². The maximum Gasteiger partial charge on any atom is 0.345 e. The topological polar surface area (TPSA) is 102 Å². The largest absolute Gasteiger partial charge is 0.450 e. The molecule has 0 bridgehead atoms. The summed E-state index contributed by atoms with van der Waals surface area (Å²) in [5.74, 6) is -1.28. The lowest BCUT2D eigenvalue weighted by Gasteiger charge is -2.12. The van der Waals surface area contributed by atoms with E-state index in [9.17, 15) is 19.7 Å². The third-order valence-electron chi connectivity index (χ3n) is 4.11. The molecule has 0 aliphatic carbocycles. The highest BCUT2D eigenvalue weighted by Gasteiger charge is 2.27. The molecule has 1 N–H and O–H groups in total. The Bertz CT molecular complexity index is 1020. The highest BCUT2D eigenvalue weighted by molar-refractivity contribution is 6.11. The quantitative estimate of drug-likeness (QED) is 0.325. The van der Waals surface area contributed by atoms with Gasteiger partial charge in [-0.25, -0.2) is 4.79 Å². The van der Waals surface area contributed by atoms with Crippen molar-refractivity contribution in [3.8, 4) is 0 Å². The second-order valence-corrected chi connectivity index (χ2v) is 5.86. The van der Waals surface area contributed by atoms with Gasteiger partial charge >= 0.3 is 5.97 Å². The van der Waals surface area contributed by atoms with Crippen molar-refractivity contribution in [2.24, 2.45) is 0 Å². The Hall–Kier alpha value is -3.48. The number of benzene rings is 2. The maximum absolute atomic E-state index is 12.8. The number of Topliss-reactive ketones (excluding diaryl/α,β-unsaturated/α-hetero) is 1.